The van der Waals surface area contributed by atoms with Crippen molar-refractivity contribution in [3.05, 3.63) is 12.2 Å². The molecule has 0 aromatic rings. The fraction of sp³-hybridized carbons (Fsp3) is 0.733. The van der Waals surface area contributed by atoms with Gasteiger partial charge in [-0.1, -0.05) is 12.2 Å². The quantitative estimate of drug-likeness (QED) is 0.429. The summed E-state index contributed by atoms with van der Waals surface area (Å²) in [5.41, 5.74) is 0. The normalized spacial score (nSPS) is 34.2. The Hall–Kier alpha value is -1.12. The average Bonchev–Trinajstić information content (AvgIpc) is 2.93. The number of carbonyl (C=O) groups is 2. The van der Waals surface area contributed by atoms with Gasteiger partial charge in [0.05, 0.1) is 0 Å². The summed E-state index contributed by atoms with van der Waals surface area (Å²) in [6, 6.07) is 0. The maximum Gasteiger partial charge on any atom is 0.303 e. The minimum absolute atomic E-state index is 0.245. The van der Waals surface area contributed by atoms with Gasteiger partial charge in [0.2, 0.25) is 0 Å². The van der Waals surface area contributed by atoms with Gasteiger partial charge in [0, 0.05) is 12.3 Å². The minimum atomic E-state index is -0.725. The monoisotopic (exact) mass is 250 g/mol. The summed E-state index contributed by atoms with van der Waals surface area (Å²) in [6.07, 6.45) is 12.0. The molecular formula is C15H22O3. The summed E-state index contributed by atoms with van der Waals surface area (Å²) in [5, 5.41) is 8.52. The minimum Gasteiger partial charge on any atom is -0.481 e. The maximum atomic E-state index is 11.1. The fourth-order valence-electron chi connectivity index (χ4n) is 3.76. The molecule has 0 aromatic carbocycles. The van der Waals surface area contributed by atoms with E-state index in [0.717, 1.165) is 18.8 Å². The van der Waals surface area contributed by atoms with Crippen LogP contribution in [0.25, 0.3) is 0 Å². The summed E-state index contributed by atoms with van der Waals surface area (Å²) < 4.78 is 0. The summed E-state index contributed by atoms with van der Waals surface area (Å²) in [7, 11) is 0. The smallest absolute Gasteiger partial charge is 0.303 e. The molecule has 0 aromatic heterocycles. The van der Waals surface area contributed by atoms with Crippen molar-refractivity contribution in [1.29, 1.82) is 0 Å². The number of aliphatic carboxylic acids is 1. The van der Waals surface area contributed by atoms with Crippen LogP contribution >= 0.6 is 0 Å². The Bertz CT molecular complexity index is 335. The van der Waals surface area contributed by atoms with Crippen molar-refractivity contribution in [1.82, 2.24) is 0 Å². The van der Waals surface area contributed by atoms with Crippen LogP contribution in [0, 0.1) is 23.7 Å². The third-order valence-electron chi connectivity index (χ3n) is 4.65. The molecule has 0 spiro atoms. The van der Waals surface area contributed by atoms with Crippen molar-refractivity contribution in [3.8, 4) is 0 Å². The van der Waals surface area contributed by atoms with Gasteiger partial charge in [-0.3, -0.25) is 4.79 Å². The summed E-state index contributed by atoms with van der Waals surface area (Å²) in [6.45, 7) is 0. The van der Waals surface area contributed by atoms with Gasteiger partial charge in [-0.05, 0) is 56.3 Å². The average molecular weight is 250 g/mol. The molecule has 0 amide bonds. The summed E-state index contributed by atoms with van der Waals surface area (Å²) >= 11 is 0. The fourth-order valence-corrected chi connectivity index (χ4v) is 3.76. The van der Waals surface area contributed by atoms with Crippen molar-refractivity contribution < 1.29 is 14.7 Å². The number of hydrogen-bond donors (Lipinski definition) is 1. The second-order valence-electron chi connectivity index (χ2n) is 5.70. The van der Waals surface area contributed by atoms with E-state index in [0.29, 0.717) is 18.3 Å². The van der Waals surface area contributed by atoms with Crippen molar-refractivity contribution >= 4 is 12.3 Å². The van der Waals surface area contributed by atoms with Gasteiger partial charge in [-0.15, -0.1) is 0 Å². The first-order valence-electron chi connectivity index (χ1n) is 7.04. The maximum absolute atomic E-state index is 11.1. The Morgan fingerprint density at radius 1 is 1.22 bits per heavy atom. The van der Waals surface area contributed by atoms with Gasteiger partial charge in [0.15, 0.2) is 0 Å². The van der Waals surface area contributed by atoms with Crippen molar-refractivity contribution in [2.75, 3.05) is 0 Å². The molecule has 0 aliphatic heterocycles. The van der Waals surface area contributed by atoms with Crippen LogP contribution in [-0.2, 0) is 9.59 Å². The van der Waals surface area contributed by atoms with E-state index in [1.807, 2.05) is 0 Å². The van der Waals surface area contributed by atoms with Gasteiger partial charge in [0.1, 0.15) is 6.29 Å². The number of rotatable bonds is 7. The van der Waals surface area contributed by atoms with Crippen LogP contribution in [0.1, 0.15) is 44.9 Å². The Balaban J connectivity index is 1.71. The zero-order valence-electron chi connectivity index (χ0n) is 10.8. The number of carboxylic acids is 1. The lowest BCUT2D eigenvalue weighted by atomic mass is 9.78. The zero-order valence-corrected chi connectivity index (χ0v) is 10.8. The topological polar surface area (TPSA) is 54.4 Å². The molecule has 0 radical (unpaired) electrons. The second-order valence-corrected chi connectivity index (χ2v) is 5.70. The molecule has 2 aliphatic rings. The number of allylic oxidation sites excluding steroid dienone is 2. The number of fused-ring (bicyclic) bond motifs is 2. The van der Waals surface area contributed by atoms with Crippen molar-refractivity contribution in [3.63, 3.8) is 0 Å². The van der Waals surface area contributed by atoms with E-state index in [-0.39, 0.29) is 12.3 Å². The van der Waals surface area contributed by atoms with Gasteiger partial charge in [-0.2, -0.15) is 0 Å². The Labute approximate surface area is 108 Å². The van der Waals surface area contributed by atoms with Gasteiger partial charge < -0.3 is 9.90 Å². The molecule has 1 N–H and O–H groups in total. The number of unbranched alkanes of at least 4 members (excludes halogenated alkanes) is 1. The molecule has 4 atom stereocenters. The number of carbonyl (C=O) groups excluding carboxylic acids is 1. The lowest BCUT2D eigenvalue weighted by Gasteiger charge is -2.26. The van der Waals surface area contributed by atoms with E-state index in [4.69, 9.17) is 5.11 Å². The molecular weight excluding hydrogens is 228 g/mol. The molecule has 3 heteroatoms. The van der Waals surface area contributed by atoms with Crippen LogP contribution < -0.4 is 0 Å². The highest BCUT2D eigenvalue weighted by Crippen LogP contribution is 2.52. The summed E-state index contributed by atoms with van der Waals surface area (Å²) in [5.74, 6) is 1.52. The van der Waals surface area contributed by atoms with Gasteiger partial charge in [0.25, 0.3) is 0 Å². The van der Waals surface area contributed by atoms with Crippen LogP contribution in [0.4, 0.5) is 0 Å². The molecule has 2 aliphatic carbocycles. The zero-order chi connectivity index (χ0) is 13.0. The van der Waals surface area contributed by atoms with Crippen molar-refractivity contribution in [2.24, 2.45) is 23.7 Å². The molecule has 2 rings (SSSR count). The van der Waals surface area contributed by atoms with E-state index in [1.54, 1.807) is 0 Å². The predicted octanol–water partition coefficient (Wildman–Crippen LogP) is 3.05. The summed E-state index contributed by atoms with van der Waals surface area (Å²) in [4.78, 5) is 21.5. The van der Waals surface area contributed by atoms with E-state index in [9.17, 15) is 9.59 Å². The lowest BCUT2D eigenvalue weighted by molar-refractivity contribution is -0.137. The van der Waals surface area contributed by atoms with Crippen molar-refractivity contribution in [2.45, 2.75) is 44.9 Å². The van der Waals surface area contributed by atoms with Gasteiger partial charge >= 0.3 is 5.97 Å². The molecule has 2 fully saturated rings. The Morgan fingerprint density at radius 3 is 2.72 bits per heavy atom. The first-order chi connectivity index (χ1) is 8.72. The molecule has 0 heterocycles. The molecule has 2 bridgehead atoms. The van der Waals surface area contributed by atoms with E-state index < -0.39 is 5.97 Å². The standard InChI is InChI=1S/C15H22O3/c16-10-14-12-8-7-11(9-12)13(14)5-3-1-2-4-6-15(17)18/h1,3,10-14H,2,4-9H2,(H,17,18). The number of carboxylic acid groups (broad SMARTS) is 1. The largest absolute Gasteiger partial charge is 0.481 e. The second kappa shape index (κ2) is 6.17. The molecule has 18 heavy (non-hydrogen) atoms. The van der Waals surface area contributed by atoms with Crippen LogP contribution in [0.2, 0.25) is 0 Å². The third kappa shape index (κ3) is 3.01. The Morgan fingerprint density at radius 2 is 2.00 bits per heavy atom. The molecule has 2 saturated carbocycles. The van der Waals surface area contributed by atoms with Crippen LogP contribution in [0.3, 0.4) is 0 Å². The first-order valence-corrected chi connectivity index (χ1v) is 7.04. The number of aldehydes is 1. The Kier molecular flexibility index (Phi) is 4.56. The van der Waals surface area contributed by atoms with Gasteiger partial charge in [-0.25, -0.2) is 0 Å². The molecule has 0 saturated heterocycles. The third-order valence-corrected chi connectivity index (χ3v) is 4.65. The molecule has 3 nitrogen and oxygen atoms in total. The van der Waals surface area contributed by atoms with Crippen LogP contribution in [0.15, 0.2) is 12.2 Å². The SMILES string of the molecule is O=CC1C2CCC(C2)C1CC=CCCCC(=O)O. The molecule has 4 unspecified atom stereocenters. The van der Waals surface area contributed by atoms with E-state index in [2.05, 4.69) is 12.2 Å². The highest BCUT2D eigenvalue weighted by Gasteiger charge is 2.46. The van der Waals surface area contributed by atoms with Crippen LogP contribution in [0.5, 0.6) is 0 Å². The van der Waals surface area contributed by atoms with E-state index >= 15 is 0 Å². The highest BCUT2D eigenvalue weighted by molar-refractivity contribution is 5.66. The van der Waals surface area contributed by atoms with Crippen LogP contribution in [-0.4, -0.2) is 17.4 Å². The first kappa shape index (κ1) is 13.3. The van der Waals surface area contributed by atoms with E-state index in [1.165, 1.54) is 25.5 Å². The number of hydrogen-bond acceptors (Lipinski definition) is 2. The predicted molar refractivity (Wildman–Crippen MR) is 69.1 cm³/mol. The lowest BCUT2D eigenvalue weighted by Crippen LogP contribution is -2.22. The molecule has 100 valence electrons. The highest BCUT2D eigenvalue weighted by atomic mass is 16.4.